The first-order valence-corrected chi connectivity index (χ1v) is 6.47. The first kappa shape index (κ1) is 12.7. The van der Waals surface area contributed by atoms with E-state index >= 15 is 0 Å². The quantitative estimate of drug-likeness (QED) is 0.796. The van der Waals surface area contributed by atoms with Crippen LogP contribution in [0.5, 0.6) is 0 Å². The molecule has 0 N–H and O–H groups in total. The summed E-state index contributed by atoms with van der Waals surface area (Å²) < 4.78 is 5.12. The van der Waals surface area contributed by atoms with Gasteiger partial charge in [0.1, 0.15) is 6.61 Å². The van der Waals surface area contributed by atoms with Crippen LogP contribution >= 0.6 is 0 Å². The molecular formula is C15H19NO2. The fourth-order valence-corrected chi connectivity index (χ4v) is 2.05. The fourth-order valence-electron chi connectivity index (χ4n) is 2.05. The van der Waals surface area contributed by atoms with Gasteiger partial charge in [0, 0.05) is 6.20 Å². The third-order valence-corrected chi connectivity index (χ3v) is 3.04. The lowest BCUT2D eigenvalue weighted by Gasteiger charge is -2.17. The number of nitrogens with zero attached hydrogens (tertiary/aromatic N) is 1. The SMILES string of the molecule is CCC/C=C/N1C(=O)OC[C@H]1Cc1ccccc1. The molecule has 0 bridgehead atoms. The number of hydrogen-bond acceptors (Lipinski definition) is 2. The van der Waals surface area contributed by atoms with E-state index < -0.39 is 0 Å². The third kappa shape index (κ3) is 3.13. The maximum atomic E-state index is 11.6. The molecule has 3 nitrogen and oxygen atoms in total. The smallest absolute Gasteiger partial charge is 0.414 e. The van der Waals surface area contributed by atoms with E-state index in [0.29, 0.717) is 6.61 Å². The zero-order chi connectivity index (χ0) is 12.8. The predicted octanol–water partition coefficient (Wildman–Crippen LogP) is 3.36. The van der Waals surface area contributed by atoms with E-state index in [1.165, 1.54) is 5.56 Å². The van der Waals surface area contributed by atoms with Crippen LogP contribution < -0.4 is 0 Å². The predicted molar refractivity (Wildman–Crippen MR) is 71.2 cm³/mol. The van der Waals surface area contributed by atoms with Crippen molar-refractivity contribution in [3.8, 4) is 0 Å². The molecule has 0 spiro atoms. The molecule has 1 aromatic rings. The van der Waals surface area contributed by atoms with Gasteiger partial charge in [-0.15, -0.1) is 0 Å². The molecule has 0 aromatic heterocycles. The summed E-state index contributed by atoms with van der Waals surface area (Å²) in [6.07, 6.45) is 6.58. The monoisotopic (exact) mass is 245 g/mol. The number of hydrogen-bond donors (Lipinski definition) is 0. The Labute approximate surface area is 108 Å². The highest BCUT2D eigenvalue weighted by Crippen LogP contribution is 2.17. The molecule has 1 aromatic carbocycles. The van der Waals surface area contributed by atoms with Gasteiger partial charge in [0.25, 0.3) is 0 Å². The van der Waals surface area contributed by atoms with E-state index in [-0.39, 0.29) is 12.1 Å². The molecule has 1 aliphatic heterocycles. The van der Waals surface area contributed by atoms with Crippen molar-refractivity contribution >= 4 is 6.09 Å². The normalized spacial score (nSPS) is 19.5. The number of rotatable bonds is 5. The molecule has 1 atom stereocenters. The van der Waals surface area contributed by atoms with Crippen molar-refractivity contribution in [2.45, 2.75) is 32.2 Å². The zero-order valence-electron chi connectivity index (χ0n) is 10.7. The van der Waals surface area contributed by atoms with E-state index in [1.54, 1.807) is 4.90 Å². The van der Waals surface area contributed by atoms with Crippen molar-refractivity contribution in [1.29, 1.82) is 0 Å². The van der Waals surface area contributed by atoms with Gasteiger partial charge in [-0.2, -0.15) is 0 Å². The molecule has 18 heavy (non-hydrogen) atoms. The minimum Gasteiger partial charge on any atom is -0.447 e. The lowest BCUT2D eigenvalue weighted by molar-refractivity contribution is 0.166. The number of ether oxygens (including phenoxy) is 1. The maximum Gasteiger partial charge on any atom is 0.414 e. The van der Waals surface area contributed by atoms with Crippen LogP contribution in [0.15, 0.2) is 42.6 Å². The van der Waals surface area contributed by atoms with Crippen molar-refractivity contribution in [2.75, 3.05) is 6.61 Å². The molecule has 2 rings (SSSR count). The second kappa shape index (κ2) is 6.24. The summed E-state index contributed by atoms with van der Waals surface area (Å²) in [7, 11) is 0. The first-order valence-electron chi connectivity index (χ1n) is 6.47. The summed E-state index contributed by atoms with van der Waals surface area (Å²) >= 11 is 0. The van der Waals surface area contributed by atoms with Crippen LogP contribution in [0.1, 0.15) is 25.3 Å². The lowest BCUT2D eigenvalue weighted by atomic mass is 10.1. The Kier molecular flexibility index (Phi) is 4.40. The topological polar surface area (TPSA) is 29.5 Å². The Balaban J connectivity index is 2.00. The summed E-state index contributed by atoms with van der Waals surface area (Å²) in [5.41, 5.74) is 1.23. The molecule has 1 heterocycles. The molecule has 96 valence electrons. The highest BCUT2D eigenvalue weighted by molar-refractivity contribution is 5.71. The minimum absolute atomic E-state index is 0.119. The van der Waals surface area contributed by atoms with Gasteiger partial charge in [-0.25, -0.2) is 4.79 Å². The second-order valence-corrected chi connectivity index (χ2v) is 4.50. The maximum absolute atomic E-state index is 11.6. The summed E-state index contributed by atoms with van der Waals surface area (Å²) in [6.45, 7) is 2.60. The molecule has 1 aliphatic rings. The molecule has 1 saturated heterocycles. The molecule has 1 amide bonds. The Morgan fingerprint density at radius 2 is 2.17 bits per heavy atom. The third-order valence-electron chi connectivity index (χ3n) is 3.04. The van der Waals surface area contributed by atoms with E-state index in [2.05, 4.69) is 19.1 Å². The number of cyclic esters (lactones) is 1. The molecule has 3 heteroatoms. The second-order valence-electron chi connectivity index (χ2n) is 4.50. The van der Waals surface area contributed by atoms with E-state index in [1.807, 2.05) is 30.5 Å². The van der Waals surface area contributed by atoms with Crippen LogP contribution in [0.25, 0.3) is 0 Å². The summed E-state index contributed by atoms with van der Waals surface area (Å²) in [5.74, 6) is 0. The average molecular weight is 245 g/mol. The molecule has 1 fully saturated rings. The van der Waals surface area contributed by atoms with Crippen LogP contribution in [0.4, 0.5) is 4.79 Å². The van der Waals surface area contributed by atoms with Crippen molar-refractivity contribution in [2.24, 2.45) is 0 Å². The Morgan fingerprint density at radius 1 is 1.39 bits per heavy atom. The average Bonchev–Trinajstić information content (AvgIpc) is 2.73. The number of amides is 1. The van der Waals surface area contributed by atoms with Gasteiger partial charge in [0.05, 0.1) is 6.04 Å². The number of benzene rings is 1. The van der Waals surface area contributed by atoms with Gasteiger partial charge in [0.15, 0.2) is 0 Å². The fraction of sp³-hybridized carbons (Fsp3) is 0.400. The first-order chi connectivity index (χ1) is 8.81. The number of carbonyl (C=O) groups is 1. The van der Waals surface area contributed by atoms with Crippen LogP contribution in [-0.4, -0.2) is 23.6 Å². The largest absolute Gasteiger partial charge is 0.447 e. The van der Waals surface area contributed by atoms with Gasteiger partial charge in [0.2, 0.25) is 0 Å². The van der Waals surface area contributed by atoms with Crippen molar-refractivity contribution < 1.29 is 9.53 Å². The number of unbranched alkanes of at least 4 members (excludes halogenated alkanes) is 1. The molecular weight excluding hydrogens is 226 g/mol. The number of carbonyl (C=O) groups excluding carboxylic acids is 1. The lowest BCUT2D eigenvalue weighted by Crippen LogP contribution is -2.30. The van der Waals surface area contributed by atoms with Crippen LogP contribution in [0.3, 0.4) is 0 Å². The highest BCUT2D eigenvalue weighted by atomic mass is 16.6. The van der Waals surface area contributed by atoms with Crippen LogP contribution in [0, 0.1) is 0 Å². The van der Waals surface area contributed by atoms with Gasteiger partial charge < -0.3 is 4.74 Å². The van der Waals surface area contributed by atoms with Gasteiger partial charge in [-0.3, -0.25) is 4.90 Å². The van der Waals surface area contributed by atoms with Gasteiger partial charge >= 0.3 is 6.09 Å². The molecule has 0 saturated carbocycles. The van der Waals surface area contributed by atoms with Crippen LogP contribution in [-0.2, 0) is 11.2 Å². The van der Waals surface area contributed by atoms with Crippen molar-refractivity contribution in [3.63, 3.8) is 0 Å². The Bertz CT molecular complexity index is 414. The Morgan fingerprint density at radius 3 is 2.89 bits per heavy atom. The standard InChI is InChI=1S/C15H19NO2/c1-2-3-7-10-16-14(12-18-15(16)17)11-13-8-5-4-6-9-13/h4-10,14H,2-3,11-12H2,1H3/b10-7+/t14-/m1/s1. The molecule has 0 aliphatic carbocycles. The molecule has 0 unspecified atom stereocenters. The van der Waals surface area contributed by atoms with Crippen LogP contribution in [0.2, 0.25) is 0 Å². The summed E-state index contributed by atoms with van der Waals surface area (Å²) in [5, 5.41) is 0. The minimum atomic E-state index is -0.233. The Hall–Kier alpha value is -1.77. The van der Waals surface area contributed by atoms with Crippen molar-refractivity contribution in [1.82, 2.24) is 4.90 Å². The highest BCUT2D eigenvalue weighted by Gasteiger charge is 2.31. The van der Waals surface area contributed by atoms with E-state index in [4.69, 9.17) is 4.74 Å². The summed E-state index contributed by atoms with van der Waals surface area (Å²) in [4.78, 5) is 13.3. The van der Waals surface area contributed by atoms with Gasteiger partial charge in [-0.1, -0.05) is 49.8 Å². The van der Waals surface area contributed by atoms with E-state index in [0.717, 1.165) is 19.3 Å². The van der Waals surface area contributed by atoms with Gasteiger partial charge in [-0.05, 0) is 18.4 Å². The van der Waals surface area contributed by atoms with E-state index in [9.17, 15) is 4.79 Å². The van der Waals surface area contributed by atoms with Crippen molar-refractivity contribution in [3.05, 3.63) is 48.2 Å². The molecule has 0 radical (unpaired) electrons. The number of allylic oxidation sites excluding steroid dienone is 1. The summed E-state index contributed by atoms with van der Waals surface area (Å²) in [6, 6.07) is 10.3. The zero-order valence-corrected chi connectivity index (χ0v) is 10.7.